The molecule has 1 rings (SSSR count). The number of rotatable bonds is 3. The highest BCUT2D eigenvalue weighted by Gasteiger charge is 2.37. The third kappa shape index (κ3) is 2.95. The van der Waals surface area contributed by atoms with Gasteiger partial charge in [0, 0.05) is 25.7 Å². The minimum atomic E-state index is 0.0335. The number of amides is 1. The van der Waals surface area contributed by atoms with Gasteiger partial charge < -0.3 is 10.2 Å². The van der Waals surface area contributed by atoms with Crippen LogP contribution in [0, 0.1) is 0 Å². The van der Waals surface area contributed by atoms with E-state index in [0.29, 0.717) is 0 Å². The van der Waals surface area contributed by atoms with Gasteiger partial charge in [-0.25, -0.2) is 0 Å². The highest BCUT2D eigenvalue weighted by molar-refractivity contribution is 5.82. The van der Waals surface area contributed by atoms with Crippen molar-refractivity contribution in [2.24, 2.45) is 0 Å². The number of carbonyl (C=O) groups excluding carboxylic acids is 1. The van der Waals surface area contributed by atoms with Gasteiger partial charge in [-0.15, -0.1) is 0 Å². The molecule has 1 N–H and O–H groups in total. The van der Waals surface area contributed by atoms with Crippen LogP contribution in [0.1, 0.15) is 27.2 Å². The molecule has 0 aliphatic carbocycles. The summed E-state index contributed by atoms with van der Waals surface area (Å²) in [5, 5.41) is 3.12. The van der Waals surface area contributed by atoms with E-state index >= 15 is 0 Å². The van der Waals surface area contributed by atoms with Crippen LogP contribution in [0.4, 0.5) is 0 Å². The number of piperazine rings is 1. The van der Waals surface area contributed by atoms with E-state index in [9.17, 15) is 4.79 Å². The lowest BCUT2D eigenvalue weighted by atomic mass is 9.98. The van der Waals surface area contributed by atoms with Crippen molar-refractivity contribution < 1.29 is 4.79 Å². The molecule has 1 heterocycles. The molecule has 16 heavy (non-hydrogen) atoms. The van der Waals surface area contributed by atoms with Crippen molar-refractivity contribution in [2.75, 3.05) is 33.7 Å². The first-order valence-corrected chi connectivity index (χ1v) is 6.04. The van der Waals surface area contributed by atoms with Crippen LogP contribution in [-0.2, 0) is 4.79 Å². The van der Waals surface area contributed by atoms with Crippen LogP contribution >= 0.6 is 0 Å². The molecule has 0 bridgehead atoms. The average molecular weight is 227 g/mol. The molecule has 4 heteroatoms. The molecule has 0 aromatic heterocycles. The molecule has 0 aromatic carbocycles. The first kappa shape index (κ1) is 13.5. The maximum atomic E-state index is 12.1. The van der Waals surface area contributed by atoms with Crippen LogP contribution in [0.2, 0.25) is 0 Å². The molecule has 1 atom stereocenters. The lowest BCUT2D eigenvalue weighted by Crippen LogP contribution is -2.61. The van der Waals surface area contributed by atoms with E-state index < -0.39 is 0 Å². The first-order chi connectivity index (χ1) is 7.38. The van der Waals surface area contributed by atoms with Crippen molar-refractivity contribution in [3.05, 3.63) is 0 Å². The van der Waals surface area contributed by atoms with Gasteiger partial charge in [0.1, 0.15) is 0 Å². The van der Waals surface area contributed by atoms with E-state index in [4.69, 9.17) is 0 Å². The zero-order valence-corrected chi connectivity index (χ0v) is 11.2. The van der Waals surface area contributed by atoms with Gasteiger partial charge in [0.15, 0.2) is 0 Å². The second kappa shape index (κ2) is 5.15. The maximum absolute atomic E-state index is 12.1. The fraction of sp³-hybridized carbons (Fsp3) is 0.917. The molecule has 1 aliphatic heterocycles. The normalized spacial score (nSPS) is 23.9. The van der Waals surface area contributed by atoms with Crippen molar-refractivity contribution in [3.8, 4) is 0 Å². The molecule has 0 saturated carbocycles. The fourth-order valence-electron chi connectivity index (χ4n) is 2.27. The van der Waals surface area contributed by atoms with Gasteiger partial charge >= 0.3 is 0 Å². The quantitative estimate of drug-likeness (QED) is 0.764. The SMILES string of the molecule is CNCCC1C(=O)N(C)CCN1C(C)(C)C. The number of likely N-dealkylation sites (N-methyl/N-ethyl adjacent to an activating group) is 1. The van der Waals surface area contributed by atoms with E-state index in [-0.39, 0.29) is 17.5 Å². The molecule has 4 nitrogen and oxygen atoms in total. The van der Waals surface area contributed by atoms with Crippen molar-refractivity contribution >= 4 is 5.91 Å². The van der Waals surface area contributed by atoms with E-state index in [1.807, 2.05) is 19.0 Å². The number of nitrogens with zero attached hydrogens (tertiary/aromatic N) is 2. The second-order valence-corrected chi connectivity index (χ2v) is 5.53. The molecule has 0 radical (unpaired) electrons. The van der Waals surface area contributed by atoms with Gasteiger partial charge in [0.25, 0.3) is 0 Å². The summed E-state index contributed by atoms with van der Waals surface area (Å²) < 4.78 is 0. The summed E-state index contributed by atoms with van der Waals surface area (Å²) in [6.07, 6.45) is 0.886. The van der Waals surface area contributed by atoms with Gasteiger partial charge in [-0.2, -0.15) is 0 Å². The molecular weight excluding hydrogens is 202 g/mol. The summed E-state index contributed by atoms with van der Waals surface area (Å²) in [7, 11) is 3.83. The largest absolute Gasteiger partial charge is 0.343 e. The van der Waals surface area contributed by atoms with Crippen LogP contribution in [-0.4, -0.2) is 61.0 Å². The molecule has 94 valence electrons. The first-order valence-electron chi connectivity index (χ1n) is 6.04. The molecular formula is C12H25N3O. The van der Waals surface area contributed by atoms with Crippen molar-refractivity contribution in [1.82, 2.24) is 15.1 Å². The Bertz CT molecular complexity index is 247. The number of carbonyl (C=O) groups is 1. The summed E-state index contributed by atoms with van der Waals surface area (Å²) >= 11 is 0. The Morgan fingerprint density at radius 2 is 2.00 bits per heavy atom. The van der Waals surface area contributed by atoms with Gasteiger partial charge in [0.2, 0.25) is 5.91 Å². The zero-order valence-electron chi connectivity index (χ0n) is 11.2. The second-order valence-electron chi connectivity index (χ2n) is 5.53. The van der Waals surface area contributed by atoms with Crippen molar-refractivity contribution in [1.29, 1.82) is 0 Å². The van der Waals surface area contributed by atoms with Gasteiger partial charge in [-0.1, -0.05) is 0 Å². The maximum Gasteiger partial charge on any atom is 0.239 e. The van der Waals surface area contributed by atoms with E-state index in [0.717, 1.165) is 26.1 Å². The van der Waals surface area contributed by atoms with Crippen LogP contribution in [0.25, 0.3) is 0 Å². The van der Waals surface area contributed by atoms with Gasteiger partial charge in [0.05, 0.1) is 6.04 Å². The molecule has 1 unspecified atom stereocenters. The van der Waals surface area contributed by atoms with Crippen molar-refractivity contribution in [3.63, 3.8) is 0 Å². The molecule has 1 amide bonds. The van der Waals surface area contributed by atoms with E-state index in [2.05, 4.69) is 31.0 Å². The Morgan fingerprint density at radius 3 is 2.50 bits per heavy atom. The fourth-order valence-corrected chi connectivity index (χ4v) is 2.27. The molecule has 1 aliphatic rings. The summed E-state index contributed by atoms with van der Waals surface area (Å²) in [6, 6.07) is 0.0335. The Morgan fingerprint density at radius 1 is 1.38 bits per heavy atom. The molecule has 1 fully saturated rings. The van der Waals surface area contributed by atoms with Gasteiger partial charge in [-0.05, 0) is 40.8 Å². The Kier molecular flexibility index (Phi) is 4.33. The number of hydrogen-bond donors (Lipinski definition) is 1. The summed E-state index contributed by atoms with van der Waals surface area (Å²) in [6.45, 7) is 9.23. The highest BCUT2D eigenvalue weighted by Crippen LogP contribution is 2.23. The topological polar surface area (TPSA) is 35.6 Å². The number of hydrogen-bond acceptors (Lipinski definition) is 3. The average Bonchev–Trinajstić information content (AvgIpc) is 2.18. The van der Waals surface area contributed by atoms with Crippen LogP contribution in [0.3, 0.4) is 0 Å². The third-order valence-corrected chi connectivity index (χ3v) is 3.24. The molecule has 0 aromatic rings. The van der Waals surface area contributed by atoms with Crippen molar-refractivity contribution in [2.45, 2.75) is 38.8 Å². The minimum Gasteiger partial charge on any atom is -0.343 e. The monoisotopic (exact) mass is 227 g/mol. The van der Waals surface area contributed by atoms with E-state index in [1.165, 1.54) is 0 Å². The zero-order chi connectivity index (χ0) is 12.3. The minimum absolute atomic E-state index is 0.0335. The van der Waals surface area contributed by atoms with Crippen LogP contribution in [0.15, 0.2) is 0 Å². The lowest BCUT2D eigenvalue weighted by Gasteiger charge is -2.46. The molecule has 1 saturated heterocycles. The van der Waals surface area contributed by atoms with Crippen LogP contribution in [0.5, 0.6) is 0 Å². The van der Waals surface area contributed by atoms with Gasteiger partial charge in [-0.3, -0.25) is 9.69 Å². The lowest BCUT2D eigenvalue weighted by molar-refractivity contribution is -0.144. The predicted octanol–water partition coefficient (Wildman–Crippen LogP) is 0.537. The Hall–Kier alpha value is -0.610. The standard InChI is InChI=1S/C12H25N3O/c1-12(2,3)15-9-8-14(5)11(16)10(15)6-7-13-4/h10,13H,6-9H2,1-5H3. The molecule has 0 spiro atoms. The van der Waals surface area contributed by atoms with Crippen LogP contribution < -0.4 is 5.32 Å². The summed E-state index contributed by atoms with van der Waals surface area (Å²) in [5.41, 5.74) is 0.0648. The smallest absolute Gasteiger partial charge is 0.239 e. The Labute approximate surface area is 99.0 Å². The predicted molar refractivity (Wildman–Crippen MR) is 66.4 cm³/mol. The highest BCUT2D eigenvalue weighted by atomic mass is 16.2. The third-order valence-electron chi connectivity index (χ3n) is 3.24. The van der Waals surface area contributed by atoms with E-state index in [1.54, 1.807) is 0 Å². The summed E-state index contributed by atoms with van der Waals surface area (Å²) in [4.78, 5) is 16.3. The Balaban J connectivity index is 2.77. The summed E-state index contributed by atoms with van der Waals surface area (Å²) in [5.74, 6) is 0.261. The number of nitrogens with one attached hydrogen (secondary N) is 1.